The fourth-order valence-corrected chi connectivity index (χ4v) is 3.28. The van der Waals surface area contributed by atoms with Crippen LogP contribution in [0.2, 0.25) is 0 Å². The van der Waals surface area contributed by atoms with Gasteiger partial charge in [-0.3, -0.25) is 9.80 Å². The SMILES string of the molecule is CCOCCN1CCN([C@H](C)CCc2ccccc2)C[C@H]1C. The van der Waals surface area contributed by atoms with Gasteiger partial charge in [-0.1, -0.05) is 30.3 Å². The van der Waals surface area contributed by atoms with E-state index in [1.807, 2.05) is 0 Å². The van der Waals surface area contributed by atoms with Crippen LogP contribution in [0.5, 0.6) is 0 Å². The molecule has 1 fully saturated rings. The van der Waals surface area contributed by atoms with E-state index in [-0.39, 0.29) is 0 Å². The molecule has 1 aromatic carbocycles. The Morgan fingerprint density at radius 1 is 1.23 bits per heavy atom. The molecule has 22 heavy (non-hydrogen) atoms. The van der Waals surface area contributed by atoms with Crippen molar-refractivity contribution in [3.8, 4) is 0 Å². The molecule has 1 saturated heterocycles. The normalized spacial score (nSPS) is 21.9. The summed E-state index contributed by atoms with van der Waals surface area (Å²) in [6.45, 7) is 13.1. The van der Waals surface area contributed by atoms with Crippen LogP contribution in [0.25, 0.3) is 0 Å². The second kappa shape index (κ2) is 9.29. The van der Waals surface area contributed by atoms with Crippen molar-refractivity contribution in [1.82, 2.24) is 9.80 Å². The van der Waals surface area contributed by atoms with Crippen molar-refractivity contribution >= 4 is 0 Å². The van der Waals surface area contributed by atoms with Crippen molar-refractivity contribution in [3.05, 3.63) is 35.9 Å². The van der Waals surface area contributed by atoms with Crippen LogP contribution >= 0.6 is 0 Å². The van der Waals surface area contributed by atoms with Crippen molar-refractivity contribution < 1.29 is 4.74 Å². The lowest BCUT2D eigenvalue weighted by molar-refractivity contribution is 0.0338. The molecular formula is C19H32N2O. The lowest BCUT2D eigenvalue weighted by atomic mass is 10.0. The number of piperazine rings is 1. The highest BCUT2D eigenvalue weighted by molar-refractivity contribution is 5.14. The number of hydrogen-bond acceptors (Lipinski definition) is 3. The number of aryl methyl sites for hydroxylation is 1. The number of ether oxygens (including phenoxy) is 1. The van der Waals surface area contributed by atoms with Gasteiger partial charge in [0.2, 0.25) is 0 Å². The fourth-order valence-electron chi connectivity index (χ4n) is 3.28. The van der Waals surface area contributed by atoms with Crippen molar-refractivity contribution in [2.45, 2.75) is 45.7 Å². The standard InChI is InChI=1S/C19H32N2O/c1-4-22-15-14-20-12-13-21(16-18(20)3)17(2)10-11-19-8-6-5-7-9-19/h5-9,17-18H,4,10-16H2,1-3H3/t17-,18-/m1/s1. The van der Waals surface area contributed by atoms with Crippen LogP contribution in [-0.4, -0.2) is 61.3 Å². The molecule has 1 aliphatic heterocycles. The Morgan fingerprint density at radius 3 is 2.68 bits per heavy atom. The molecule has 0 unspecified atom stereocenters. The van der Waals surface area contributed by atoms with Gasteiger partial charge in [0.05, 0.1) is 6.61 Å². The van der Waals surface area contributed by atoms with Crippen LogP contribution < -0.4 is 0 Å². The maximum atomic E-state index is 5.49. The topological polar surface area (TPSA) is 15.7 Å². The quantitative estimate of drug-likeness (QED) is 0.687. The summed E-state index contributed by atoms with van der Waals surface area (Å²) in [6, 6.07) is 12.1. The van der Waals surface area contributed by atoms with E-state index in [1.54, 1.807) is 0 Å². The summed E-state index contributed by atoms with van der Waals surface area (Å²) in [4.78, 5) is 5.22. The third-order valence-electron chi connectivity index (χ3n) is 4.84. The zero-order valence-corrected chi connectivity index (χ0v) is 14.5. The van der Waals surface area contributed by atoms with Crippen molar-refractivity contribution in [2.24, 2.45) is 0 Å². The molecule has 0 spiro atoms. The first kappa shape index (κ1) is 17.5. The van der Waals surface area contributed by atoms with E-state index in [0.29, 0.717) is 12.1 Å². The zero-order valence-electron chi connectivity index (χ0n) is 14.5. The number of rotatable bonds is 8. The van der Waals surface area contributed by atoms with Crippen LogP contribution in [0.1, 0.15) is 32.8 Å². The molecule has 2 atom stereocenters. The highest BCUT2D eigenvalue weighted by Crippen LogP contribution is 2.15. The maximum Gasteiger partial charge on any atom is 0.0593 e. The highest BCUT2D eigenvalue weighted by atomic mass is 16.5. The second-order valence-electron chi connectivity index (χ2n) is 6.45. The highest BCUT2D eigenvalue weighted by Gasteiger charge is 2.25. The van der Waals surface area contributed by atoms with Gasteiger partial charge >= 0.3 is 0 Å². The number of nitrogens with zero attached hydrogens (tertiary/aromatic N) is 2. The Kier molecular flexibility index (Phi) is 7.37. The van der Waals surface area contributed by atoms with E-state index in [9.17, 15) is 0 Å². The molecule has 0 bridgehead atoms. The summed E-state index contributed by atoms with van der Waals surface area (Å²) in [6.07, 6.45) is 2.43. The van der Waals surface area contributed by atoms with Gasteiger partial charge in [-0.25, -0.2) is 0 Å². The largest absolute Gasteiger partial charge is 0.380 e. The third-order valence-corrected chi connectivity index (χ3v) is 4.84. The summed E-state index contributed by atoms with van der Waals surface area (Å²) in [5.74, 6) is 0. The Morgan fingerprint density at radius 2 is 2.00 bits per heavy atom. The molecule has 1 aliphatic rings. The van der Waals surface area contributed by atoms with Gasteiger partial charge in [-0.05, 0) is 39.2 Å². The van der Waals surface area contributed by atoms with Gasteiger partial charge in [0, 0.05) is 44.9 Å². The minimum atomic E-state index is 0.633. The fraction of sp³-hybridized carbons (Fsp3) is 0.684. The third kappa shape index (κ3) is 5.38. The summed E-state index contributed by atoms with van der Waals surface area (Å²) >= 11 is 0. The maximum absolute atomic E-state index is 5.49. The molecule has 1 aromatic rings. The van der Waals surface area contributed by atoms with E-state index in [1.165, 1.54) is 38.0 Å². The minimum absolute atomic E-state index is 0.633. The van der Waals surface area contributed by atoms with Gasteiger partial charge in [0.1, 0.15) is 0 Å². The van der Waals surface area contributed by atoms with Gasteiger partial charge < -0.3 is 4.74 Å². The lowest BCUT2D eigenvalue weighted by Crippen LogP contribution is -2.54. The molecule has 3 nitrogen and oxygen atoms in total. The lowest BCUT2D eigenvalue weighted by Gasteiger charge is -2.42. The molecule has 1 heterocycles. The summed E-state index contributed by atoms with van der Waals surface area (Å²) in [5, 5.41) is 0. The van der Waals surface area contributed by atoms with Crippen LogP contribution in [-0.2, 0) is 11.2 Å². The Labute approximate surface area is 136 Å². The molecule has 0 aromatic heterocycles. The smallest absolute Gasteiger partial charge is 0.0593 e. The average molecular weight is 304 g/mol. The summed E-state index contributed by atoms with van der Waals surface area (Å²) < 4.78 is 5.49. The molecule has 0 radical (unpaired) electrons. The van der Waals surface area contributed by atoms with Gasteiger partial charge in [-0.15, -0.1) is 0 Å². The van der Waals surface area contributed by atoms with Gasteiger partial charge in [0.15, 0.2) is 0 Å². The molecule has 2 rings (SSSR count). The Bertz CT molecular complexity index is 409. The van der Waals surface area contributed by atoms with E-state index in [2.05, 4.69) is 60.9 Å². The van der Waals surface area contributed by atoms with E-state index in [4.69, 9.17) is 4.74 Å². The molecule has 124 valence electrons. The number of hydrogen-bond donors (Lipinski definition) is 0. The predicted molar refractivity (Wildman–Crippen MR) is 93.3 cm³/mol. The van der Waals surface area contributed by atoms with E-state index >= 15 is 0 Å². The molecule has 0 saturated carbocycles. The summed E-state index contributed by atoms with van der Waals surface area (Å²) in [5.41, 5.74) is 1.46. The number of benzene rings is 1. The molecule has 0 aliphatic carbocycles. The van der Waals surface area contributed by atoms with Crippen molar-refractivity contribution in [2.75, 3.05) is 39.4 Å². The predicted octanol–water partition coefficient (Wildman–Crippen LogP) is 3.05. The van der Waals surface area contributed by atoms with Crippen LogP contribution in [0.15, 0.2) is 30.3 Å². The van der Waals surface area contributed by atoms with Crippen molar-refractivity contribution in [3.63, 3.8) is 0 Å². The van der Waals surface area contributed by atoms with Crippen LogP contribution in [0.4, 0.5) is 0 Å². The first-order valence-electron chi connectivity index (χ1n) is 8.80. The Hall–Kier alpha value is -0.900. The monoisotopic (exact) mass is 304 g/mol. The van der Waals surface area contributed by atoms with Crippen LogP contribution in [0, 0.1) is 0 Å². The van der Waals surface area contributed by atoms with Crippen molar-refractivity contribution in [1.29, 1.82) is 0 Å². The zero-order chi connectivity index (χ0) is 15.8. The average Bonchev–Trinajstić information content (AvgIpc) is 2.55. The van der Waals surface area contributed by atoms with Gasteiger partial charge in [0.25, 0.3) is 0 Å². The Balaban J connectivity index is 1.72. The van der Waals surface area contributed by atoms with Gasteiger partial charge in [-0.2, -0.15) is 0 Å². The minimum Gasteiger partial charge on any atom is -0.380 e. The molecule has 3 heteroatoms. The van der Waals surface area contributed by atoms with E-state index < -0.39 is 0 Å². The summed E-state index contributed by atoms with van der Waals surface area (Å²) in [7, 11) is 0. The second-order valence-corrected chi connectivity index (χ2v) is 6.45. The first-order chi connectivity index (χ1) is 10.7. The first-order valence-corrected chi connectivity index (χ1v) is 8.80. The van der Waals surface area contributed by atoms with Crippen LogP contribution in [0.3, 0.4) is 0 Å². The molecular weight excluding hydrogens is 272 g/mol. The molecule has 0 N–H and O–H groups in total. The van der Waals surface area contributed by atoms with E-state index in [0.717, 1.165) is 19.8 Å². The molecule has 0 amide bonds.